The summed E-state index contributed by atoms with van der Waals surface area (Å²) in [6.07, 6.45) is -3.46. The van der Waals surface area contributed by atoms with Crippen molar-refractivity contribution in [1.29, 1.82) is 0 Å². The number of benzene rings is 2. The summed E-state index contributed by atoms with van der Waals surface area (Å²) in [5, 5.41) is 0. The van der Waals surface area contributed by atoms with E-state index in [-0.39, 0.29) is 18.1 Å². The quantitative estimate of drug-likeness (QED) is 0.292. The molecule has 0 spiro atoms. The van der Waals surface area contributed by atoms with Crippen molar-refractivity contribution in [2.45, 2.75) is 32.4 Å². The molecule has 10 heteroatoms. The van der Waals surface area contributed by atoms with Crippen LogP contribution >= 0.6 is 0 Å². The maximum absolute atomic E-state index is 13.2. The molecule has 0 bridgehead atoms. The Hall–Kier alpha value is -4.47. The van der Waals surface area contributed by atoms with Gasteiger partial charge in [0.2, 0.25) is 11.7 Å². The number of imidazole rings is 1. The number of nitrogens with zero attached hydrogens (tertiary/aromatic N) is 2. The number of carbonyl (C=O) groups is 1. The summed E-state index contributed by atoms with van der Waals surface area (Å²) in [7, 11) is 1.57. The molecule has 7 nitrogen and oxygen atoms in total. The van der Waals surface area contributed by atoms with E-state index in [9.17, 15) is 18.0 Å². The first kappa shape index (κ1) is 25.2. The molecular formula is C28H23F3N2O5. The average molecular weight is 524 g/mol. The lowest BCUT2D eigenvalue weighted by Gasteiger charge is -2.17. The van der Waals surface area contributed by atoms with Crippen molar-refractivity contribution in [3.63, 3.8) is 0 Å². The second-order valence-corrected chi connectivity index (χ2v) is 9.03. The number of ether oxygens (including phenoxy) is 4. The largest absolute Gasteiger partial charge is 0.574 e. The molecule has 5 rings (SSSR count). The first-order valence-electron chi connectivity index (χ1n) is 11.6. The van der Waals surface area contributed by atoms with Crippen molar-refractivity contribution in [3.05, 3.63) is 89.7 Å². The Balaban J connectivity index is 1.41. The van der Waals surface area contributed by atoms with E-state index in [1.807, 2.05) is 12.1 Å². The second-order valence-electron chi connectivity index (χ2n) is 9.03. The summed E-state index contributed by atoms with van der Waals surface area (Å²) >= 11 is 0. The number of ketones is 1. The maximum Gasteiger partial charge on any atom is 0.574 e. The fourth-order valence-electron chi connectivity index (χ4n) is 4.17. The number of carbonyl (C=O) groups excluding carboxylic acids is 1. The first-order valence-corrected chi connectivity index (χ1v) is 11.6. The molecule has 2 aromatic carbocycles. The summed E-state index contributed by atoms with van der Waals surface area (Å²) in [5.74, 6) is 0.872. The number of fused-ring (bicyclic) bond motifs is 1. The molecule has 0 aliphatic carbocycles. The normalized spacial score (nSPS) is 15.1. The molecule has 0 radical (unpaired) electrons. The summed E-state index contributed by atoms with van der Waals surface area (Å²) < 4.78 is 61.4. The van der Waals surface area contributed by atoms with Crippen molar-refractivity contribution in [3.8, 4) is 17.4 Å². The van der Waals surface area contributed by atoms with Crippen LogP contribution in [0.15, 0.2) is 72.9 Å². The number of hydrogen-bond donors (Lipinski definition) is 0. The van der Waals surface area contributed by atoms with Crippen LogP contribution in [0.3, 0.4) is 0 Å². The first-order chi connectivity index (χ1) is 18.1. The van der Waals surface area contributed by atoms with E-state index >= 15 is 0 Å². The van der Waals surface area contributed by atoms with E-state index in [1.54, 1.807) is 75.6 Å². The van der Waals surface area contributed by atoms with Gasteiger partial charge in [0, 0.05) is 11.8 Å². The van der Waals surface area contributed by atoms with E-state index in [2.05, 4.69) is 9.72 Å². The van der Waals surface area contributed by atoms with Gasteiger partial charge in [0.25, 0.3) is 0 Å². The van der Waals surface area contributed by atoms with Crippen LogP contribution in [0.5, 0.6) is 17.4 Å². The van der Waals surface area contributed by atoms with Crippen molar-refractivity contribution in [1.82, 2.24) is 9.38 Å². The van der Waals surface area contributed by atoms with E-state index in [0.29, 0.717) is 34.0 Å². The Labute approximate surface area is 216 Å². The van der Waals surface area contributed by atoms with Gasteiger partial charge in [0.1, 0.15) is 35.2 Å². The molecule has 1 aliphatic heterocycles. The molecule has 0 saturated heterocycles. The van der Waals surface area contributed by atoms with Gasteiger partial charge in [-0.1, -0.05) is 18.2 Å². The molecule has 0 amide bonds. The van der Waals surface area contributed by atoms with Gasteiger partial charge in [-0.2, -0.15) is 0 Å². The highest BCUT2D eigenvalue weighted by molar-refractivity contribution is 6.32. The van der Waals surface area contributed by atoms with Gasteiger partial charge in [-0.05, 0) is 67.9 Å². The van der Waals surface area contributed by atoms with E-state index in [4.69, 9.17) is 14.2 Å². The highest BCUT2D eigenvalue weighted by Gasteiger charge is 2.42. The van der Waals surface area contributed by atoms with Crippen molar-refractivity contribution in [2.24, 2.45) is 0 Å². The van der Waals surface area contributed by atoms with Crippen LogP contribution in [0.25, 0.3) is 17.0 Å². The zero-order valence-electron chi connectivity index (χ0n) is 20.7. The van der Waals surface area contributed by atoms with Crippen LogP contribution in [0, 0.1) is 0 Å². The Morgan fingerprint density at radius 1 is 0.947 bits per heavy atom. The van der Waals surface area contributed by atoms with Crippen LogP contribution in [0.2, 0.25) is 0 Å². The van der Waals surface area contributed by atoms with Gasteiger partial charge < -0.3 is 18.9 Å². The number of methoxy groups -OCH3 is 1. The summed E-state index contributed by atoms with van der Waals surface area (Å²) in [6, 6.07) is 18.7. The second kappa shape index (κ2) is 9.44. The van der Waals surface area contributed by atoms with Crippen molar-refractivity contribution < 1.29 is 36.9 Å². The zero-order valence-corrected chi connectivity index (χ0v) is 20.7. The minimum atomic E-state index is -4.89. The lowest BCUT2D eigenvalue weighted by molar-refractivity contribution is -0.276. The van der Waals surface area contributed by atoms with Crippen LogP contribution < -0.4 is 14.2 Å². The van der Waals surface area contributed by atoms with Crippen LogP contribution in [0.1, 0.15) is 30.7 Å². The summed E-state index contributed by atoms with van der Waals surface area (Å²) in [5.41, 5.74) is 1.01. The number of Topliss-reactive ketones (excluding diaryl/α,β-unsaturated/α-hetero) is 1. The molecule has 0 fully saturated rings. The Morgan fingerprint density at radius 3 is 2.26 bits per heavy atom. The number of rotatable bonds is 7. The molecule has 4 aromatic rings. The fourth-order valence-corrected chi connectivity index (χ4v) is 4.17. The maximum atomic E-state index is 13.2. The molecule has 0 unspecified atom stereocenters. The average Bonchev–Trinajstić information content (AvgIpc) is 3.35. The Morgan fingerprint density at radius 2 is 1.61 bits per heavy atom. The topological polar surface area (TPSA) is 71.3 Å². The molecule has 3 heterocycles. The van der Waals surface area contributed by atoms with Gasteiger partial charge in [-0.15, -0.1) is 13.2 Å². The summed E-state index contributed by atoms with van der Waals surface area (Å²) in [6.45, 7) is 3.15. The molecule has 0 atom stereocenters. The Bertz CT molecular complexity index is 1520. The number of hydrogen-bond acceptors (Lipinski definition) is 6. The molecular weight excluding hydrogens is 501 g/mol. The van der Waals surface area contributed by atoms with Crippen LogP contribution in [0.4, 0.5) is 13.2 Å². The van der Waals surface area contributed by atoms with Crippen molar-refractivity contribution >= 4 is 22.8 Å². The summed E-state index contributed by atoms with van der Waals surface area (Å²) in [4.78, 5) is 17.4. The van der Waals surface area contributed by atoms with Crippen molar-refractivity contribution in [2.75, 3.05) is 7.11 Å². The van der Waals surface area contributed by atoms with Gasteiger partial charge in [-0.3, -0.25) is 9.20 Å². The fraction of sp³-hybridized carbons (Fsp3) is 0.214. The molecule has 1 aliphatic rings. The highest BCUT2D eigenvalue weighted by Crippen LogP contribution is 2.42. The number of pyridine rings is 1. The molecule has 0 N–H and O–H groups in total. The third-order valence-electron chi connectivity index (χ3n) is 5.99. The van der Waals surface area contributed by atoms with Crippen LogP contribution in [-0.2, 0) is 16.1 Å². The minimum Gasteiger partial charge on any atom is -0.497 e. The number of alkyl halides is 3. The van der Waals surface area contributed by atoms with E-state index in [1.165, 1.54) is 10.6 Å². The van der Waals surface area contributed by atoms with Gasteiger partial charge in [0.15, 0.2) is 5.60 Å². The number of aromatic nitrogens is 2. The predicted molar refractivity (Wildman–Crippen MR) is 133 cm³/mol. The predicted octanol–water partition coefficient (Wildman–Crippen LogP) is 6.07. The highest BCUT2D eigenvalue weighted by atomic mass is 19.4. The minimum absolute atomic E-state index is 0.0109. The lowest BCUT2D eigenvalue weighted by Crippen LogP contribution is -2.29. The third kappa shape index (κ3) is 4.89. The molecule has 38 heavy (non-hydrogen) atoms. The van der Waals surface area contributed by atoms with E-state index in [0.717, 1.165) is 5.56 Å². The third-order valence-corrected chi connectivity index (χ3v) is 5.99. The standard InChI is InChI=1S/C28H23F3N2O5/c1-27(2)25(34)23(24(37-27)18-9-11-19(35-3)12-10-18)17-7-13-20(14-8-17)36-16-21-26(38-28(29,30)31)33-15-5-4-6-22(33)32-21/h4-15H,16H2,1-3H3. The molecule has 2 aromatic heterocycles. The van der Waals surface area contributed by atoms with Gasteiger partial charge in [0.05, 0.1) is 12.7 Å². The Kier molecular flexibility index (Phi) is 6.26. The number of halogens is 3. The van der Waals surface area contributed by atoms with Gasteiger partial charge in [-0.25, -0.2) is 4.98 Å². The molecule has 0 saturated carbocycles. The van der Waals surface area contributed by atoms with E-state index < -0.39 is 17.8 Å². The zero-order chi connectivity index (χ0) is 27.1. The monoisotopic (exact) mass is 524 g/mol. The molecule has 196 valence electrons. The van der Waals surface area contributed by atoms with Gasteiger partial charge >= 0.3 is 6.36 Å². The SMILES string of the molecule is COc1ccc(C2=C(c3ccc(OCc4nc5ccccn5c4OC(F)(F)F)cc3)C(=O)C(C)(C)O2)cc1. The smallest absolute Gasteiger partial charge is 0.497 e. The van der Waals surface area contributed by atoms with Crippen LogP contribution in [-0.4, -0.2) is 34.2 Å². The lowest BCUT2D eigenvalue weighted by atomic mass is 9.92.